The predicted octanol–water partition coefficient (Wildman–Crippen LogP) is 11.6. The van der Waals surface area contributed by atoms with Gasteiger partial charge in [0, 0.05) is 16.3 Å². The zero-order valence-electron chi connectivity index (χ0n) is 29.0. The molecule has 1 aromatic heterocycles. The highest BCUT2D eigenvalue weighted by Crippen LogP contribution is 2.44. The number of carbonyl (C=O) groups is 2. The molecule has 1 aliphatic heterocycles. The predicted molar refractivity (Wildman–Crippen MR) is 215 cm³/mol. The van der Waals surface area contributed by atoms with Crippen molar-refractivity contribution >= 4 is 39.3 Å². The molecule has 2 heterocycles. The van der Waals surface area contributed by atoms with Crippen molar-refractivity contribution in [1.82, 2.24) is 4.57 Å². The first-order valence-electron chi connectivity index (χ1n) is 17.4. The van der Waals surface area contributed by atoms with Gasteiger partial charge in [0.2, 0.25) is 0 Å². The average Bonchev–Trinajstić information content (AvgIpc) is 3.68. The summed E-state index contributed by atoms with van der Waals surface area (Å²) in [5.41, 5.74) is 9.98. The van der Waals surface area contributed by atoms with Crippen LogP contribution in [-0.4, -0.2) is 16.4 Å². The number of fused-ring (bicyclic) bond motifs is 4. The summed E-state index contributed by atoms with van der Waals surface area (Å²) >= 11 is 0. The third kappa shape index (κ3) is 5.60. The molecule has 53 heavy (non-hydrogen) atoms. The van der Waals surface area contributed by atoms with Gasteiger partial charge in [0.25, 0.3) is 11.8 Å². The summed E-state index contributed by atoms with van der Waals surface area (Å²) in [6, 6.07) is 55.4. The first-order chi connectivity index (χ1) is 26.0. The summed E-state index contributed by atoms with van der Waals surface area (Å²) < 4.78 is 2.10. The van der Waals surface area contributed by atoms with Gasteiger partial charge in [-0.3, -0.25) is 9.59 Å². The number of rotatable bonds is 5. The highest BCUT2D eigenvalue weighted by atomic mass is 16.2. The first kappa shape index (κ1) is 32.9. The van der Waals surface area contributed by atoms with Crippen molar-refractivity contribution in [2.45, 2.75) is 6.92 Å². The smallest absolute Gasteiger partial charge is 0.268 e. The van der Waals surface area contributed by atoms with Gasteiger partial charge in [0.05, 0.1) is 45.2 Å². The quantitative estimate of drug-likeness (QED) is 0.134. The molecule has 0 saturated carbocycles. The van der Waals surface area contributed by atoms with E-state index in [1.54, 1.807) is 12.1 Å². The van der Waals surface area contributed by atoms with E-state index in [0.717, 1.165) is 55.2 Å². The molecule has 0 fully saturated rings. The Bertz CT molecular complexity index is 2740. The van der Waals surface area contributed by atoms with Gasteiger partial charge in [-0.05, 0) is 77.2 Å². The van der Waals surface area contributed by atoms with Gasteiger partial charge in [0.1, 0.15) is 0 Å². The Morgan fingerprint density at radius 1 is 0.528 bits per heavy atom. The molecule has 1 aliphatic rings. The Hall–Kier alpha value is -7.29. The highest BCUT2D eigenvalue weighted by molar-refractivity contribution is 6.36. The number of benzene rings is 7. The standard InChI is InChI=1S/C45H27N3O2.C3H6/c46-28-29-21-23-30(24-22-29)33-25-26-36-35-15-7-8-18-38(35)47(41(36)27-33)40-20-10-17-37-43(40)45(50)48(44(37)49)39-19-9-16-34(31-11-3-1-4-12-31)42(39)32-13-5-2-6-14-32;1-3-2/h1-27H;3H,1H2,2H3. The molecular weight excluding hydrogens is 651 g/mol. The number of hydrogen-bond acceptors (Lipinski definition) is 3. The molecule has 0 radical (unpaired) electrons. The second-order valence-electron chi connectivity index (χ2n) is 12.8. The fourth-order valence-electron chi connectivity index (χ4n) is 7.31. The lowest BCUT2D eigenvalue weighted by atomic mass is 9.92. The molecule has 0 aliphatic carbocycles. The van der Waals surface area contributed by atoms with Crippen molar-refractivity contribution in [3.63, 3.8) is 0 Å². The van der Waals surface area contributed by atoms with E-state index in [-0.39, 0.29) is 11.8 Å². The molecule has 252 valence electrons. The minimum absolute atomic E-state index is 0.353. The van der Waals surface area contributed by atoms with Crippen molar-refractivity contribution in [1.29, 1.82) is 5.26 Å². The first-order valence-corrected chi connectivity index (χ1v) is 17.4. The Morgan fingerprint density at radius 3 is 1.81 bits per heavy atom. The summed E-state index contributed by atoms with van der Waals surface area (Å²) in [6.07, 6.45) is 1.75. The van der Waals surface area contributed by atoms with E-state index in [1.807, 2.05) is 140 Å². The van der Waals surface area contributed by atoms with Crippen LogP contribution in [-0.2, 0) is 0 Å². The van der Waals surface area contributed by atoms with Gasteiger partial charge in [-0.15, -0.1) is 6.58 Å². The molecule has 5 nitrogen and oxygen atoms in total. The molecule has 8 aromatic rings. The third-order valence-corrected chi connectivity index (χ3v) is 9.59. The van der Waals surface area contributed by atoms with Crippen molar-refractivity contribution in [3.05, 3.63) is 193 Å². The number of anilines is 1. The Balaban J connectivity index is 0.00000129. The molecule has 9 rings (SSSR count). The van der Waals surface area contributed by atoms with E-state index in [1.165, 1.54) is 4.90 Å². The molecule has 0 N–H and O–H groups in total. The zero-order valence-corrected chi connectivity index (χ0v) is 29.0. The van der Waals surface area contributed by atoms with Crippen molar-refractivity contribution in [3.8, 4) is 45.1 Å². The molecule has 2 amide bonds. The number of imide groups is 1. The van der Waals surface area contributed by atoms with E-state index >= 15 is 0 Å². The number of nitriles is 1. The lowest BCUT2D eigenvalue weighted by Gasteiger charge is -2.22. The van der Waals surface area contributed by atoms with Crippen LogP contribution in [0.1, 0.15) is 33.2 Å². The van der Waals surface area contributed by atoms with Crippen LogP contribution in [0.15, 0.2) is 176 Å². The van der Waals surface area contributed by atoms with E-state index in [9.17, 15) is 14.9 Å². The number of amides is 2. The largest absolute Gasteiger partial charge is 0.308 e. The molecule has 7 aromatic carbocycles. The van der Waals surface area contributed by atoms with E-state index in [2.05, 4.69) is 41.5 Å². The van der Waals surface area contributed by atoms with Crippen molar-refractivity contribution in [2.75, 3.05) is 4.90 Å². The average molecular weight is 684 g/mol. The minimum Gasteiger partial charge on any atom is -0.308 e. The number of carbonyl (C=O) groups excluding carboxylic acids is 2. The van der Waals surface area contributed by atoms with Crippen LogP contribution in [0.2, 0.25) is 0 Å². The fourth-order valence-corrected chi connectivity index (χ4v) is 7.31. The molecule has 5 heteroatoms. The Labute approximate surface area is 307 Å². The van der Waals surface area contributed by atoms with Crippen LogP contribution in [0.4, 0.5) is 5.69 Å². The normalized spacial score (nSPS) is 12.0. The number of nitrogens with zero attached hydrogens (tertiary/aromatic N) is 3. The zero-order chi connectivity index (χ0) is 36.5. The van der Waals surface area contributed by atoms with Gasteiger partial charge in [0.15, 0.2) is 0 Å². The van der Waals surface area contributed by atoms with Gasteiger partial charge in [-0.1, -0.05) is 127 Å². The molecule has 0 spiro atoms. The Morgan fingerprint density at radius 2 is 1.11 bits per heavy atom. The van der Waals surface area contributed by atoms with Gasteiger partial charge < -0.3 is 4.57 Å². The van der Waals surface area contributed by atoms with Crippen molar-refractivity contribution < 1.29 is 9.59 Å². The van der Waals surface area contributed by atoms with Crippen LogP contribution < -0.4 is 4.90 Å². The van der Waals surface area contributed by atoms with Crippen molar-refractivity contribution in [2.24, 2.45) is 0 Å². The van der Waals surface area contributed by atoms with Crippen LogP contribution in [0.5, 0.6) is 0 Å². The van der Waals surface area contributed by atoms with E-state index in [4.69, 9.17) is 0 Å². The molecule has 0 unspecified atom stereocenters. The summed E-state index contributed by atoms with van der Waals surface area (Å²) in [4.78, 5) is 30.6. The third-order valence-electron chi connectivity index (χ3n) is 9.59. The number of allylic oxidation sites excluding steroid dienone is 1. The topological polar surface area (TPSA) is 66.1 Å². The van der Waals surface area contributed by atoms with Crippen LogP contribution in [0, 0.1) is 11.3 Å². The lowest BCUT2D eigenvalue weighted by Crippen LogP contribution is -2.30. The number of para-hydroxylation sites is 1. The summed E-state index contributed by atoms with van der Waals surface area (Å²) in [6.45, 7) is 5.25. The van der Waals surface area contributed by atoms with Gasteiger partial charge >= 0.3 is 0 Å². The van der Waals surface area contributed by atoms with Crippen LogP contribution in [0.3, 0.4) is 0 Å². The monoisotopic (exact) mass is 683 g/mol. The Kier molecular flexibility index (Phi) is 8.56. The highest BCUT2D eigenvalue weighted by Gasteiger charge is 2.40. The lowest BCUT2D eigenvalue weighted by molar-refractivity contribution is 0.0926. The maximum absolute atomic E-state index is 14.8. The second kappa shape index (κ2) is 13.8. The number of hydrogen-bond donors (Lipinski definition) is 0. The molecule has 0 atom stereocenters. The van der Waals surface area contributed by atoms with Crippen LogP contribution in [0.25, 0.3) is 60.9 Å². The maximum atomic E-state index is 14.8. The number of aromatic nitrogens is 1. The maximum Gasteiger partial charge on any atom is 0.268 e. The van der Waals surface area contributed by atoms with Crippen LogP contribution >= 0.6 is 0 Å². The fraction of sp³-hybridized carbons (Fsp3) is 0.0208. The second-order valence-corrected chi connectivity index (χ2v) is 12.8. The molecule has 0 saturated heterocycles. The van der Waals surface area contributed by atoms with E-state index < -0.39 is 0 Å². The summed E-state index contributed by atoms with van der Waals surface area (Å²) in [7, 11) is 0. The van der Waals surface area contributed by atoms with Gasteiger partial charge in [-0.2, -0.15) is 5.26 Å². The SMILES string of the molecule is C=CC.N#Cc1ccc(-c2ccc3c4ccccc4n(-c4cccc5c4C(=O)N(c4cccc(-c6ccccc6)c4-c4ccccc4)C5=O)c3c2)cc1. The van der Waals surface area contributed by atoms with E-state index in [0.29, 0.717) is 28.1 Å². The summed E-state index contributed by atoms with van der Waals surface area (Å²) in [5.74, 6) is -0.717. The molecule has 0 bridgehead atoms. The summed E-state index contributed by atoms with van der Waals surface area (Å²) in [5, 5.41) is 11.4. The molecular formula is C48H33N3O2. The van der Waals surface area contributed by atoms with Gasteiger partial charge in [-0.25, -0.2) is 4.90 Å². The minimum atomic E-state index is -0.364.